The maximum Gasteiger partial charge on any atom is 0.303 e. The van der Waals surface area contributed by atoms with Crippen molar-refractivity contribution in [1.82, 2.24) is 9.80 Å². The summed E-state index contributed by atoms with van der Waals surface area (Å²) in [5, 5.41) is 11.8. The highest BCUT2D eigenvalue weighted by atomic mass is 16.5. The van der Waals surface area contributed by atoms with Crippen LogP contribution >= 0.6 is 0 Å². The largest absolute Gasteiger partial charge is 0.458 e. The van der Waals surface area contributed by atoms with Crippen molar-refractivity contribution in [3.63, 3.8) is 0 Å². The van der Waals surface area contributed by atoms with Crippen molar-refractivity contribution in [3.8, 4) is 0 Å². The van der Waals surface area contributed by atoms with Gasteiger partial charge in [0.15, 0.2) is 0 Å². The van der Waals surface area contributed by atoms with Crippen LogP contribution < -0.4 is 0 Å². The molecule has 1 aliphatic heterocycles. The molecule has 0 bridgehead atoms. The van der Waals surface area contributed by atoms with E-state index < -0.39 is 5.60 Å². The molecule has 0 aromatic rings. The zero-order chi connectivity index (χ0) is 22.2. The fourth-order valence-corrected chi connectivity index (χ4v) is 7.12. The van der Waals surface area contributed by atoms with Gasteiger partial charge in [-0.2, -0.15) is 0 Å². The van der Waals surface area contributed by atoms with E-state index in [-0.39, 0.29) is 23.9 Å². The van der Waals surface area contributed by atoms with E-state index in [9.17, 15) is 9.90 Å². The molecule has 1 heterocycles. The third-order valence-electron chi connectivity index (χ3n) is 9.12. The first-order valence-electron chi connectivity index (χ1n) is 12.8. The first-order valence-corrected chi connectivity index (χ1v) is 12.8. The lowest BCUT2D eigenvalue weighted by atomic mass is 9.57. The monoisotopic (exact) mass is 432 g/mol. The van der Waals surface area contributed by atoms with Gasteiger partial charge in [-0.05, 0) is 55.9 Å². The lowest BCUT2D eigenvalue weighted by molar-refractivity contribution is -0.159. The van der Waals surface area contributed by atoms with E-state index in [1.165, 1.54) is 65.2 Å². The van der Waals surface area contributed by atoms with Crippen molar-refractivity contribution in [3.05, 3.63) is 11.6 Å². The van der Waals surface area contributed by atoms with Gasteiger partial charge in [-0.15, -0.1) is 0 Å². The van der Waals surface area contributed by atoms with Gasteiger partial charge in [0, 0.05) is 58.0 Å². The first-order chi connectivity index (χ1) is 14.8. The molecule has 0 amide bonds. The summed E-state index contributed by atoms with van der Waals surface area (Å²) < 4.78 is 5.56. The summed E-state index contributed by atoms with van der Waals surface area (Å²) in [7, 11) is 0. The Labute approximate surface area is 189 Å². The average Bonchev–Trinajstić information content (AvgIpc) is 3.25. The van der Waals surface area contributed by atoms with Gasteiger partial charge < -0.3 is 14.7 Å². The molecule has 6 atom stereocenters. The number of carbonyl (C=O) groups is 1. The van der Waals surface area contributed by atoms with Gasteiger partial charge in [0.05, 0.1) is 5.60 Å². The van der Waals surface area contributed by atoms with Gasteiger partial charge in [0.1, 0.15) is 6.10 Å². The molecule has 3 fully saturated rings. The summed E-state index contributed by atoms with van der Waals surface area (Å²) in [6.45, 7) is 14.0. The van der Waals surface area contributed by atoms with Crippen LogP contribution in [0.2, 0.25) is 0 Å². The van der Waals surface area contributed by atoms with E-state index in [1.54, 1.807) is 0 Å². The van der Waals surface area contributed by atoms with Gasteiger partial charge >= 0.3 is 5.97 Å². The third kappa shape index (κ3) is 4.89. The second kappa shape index (κ2) is 9.52. The van der Waals surface area contributed by atoms with E-state index in [2.05, 4.69) is 36.6 Å². The van der Waals surface area contributed by atoms with Crippen molar-refractivity contribution in [2.45, 2.75) is 90.4 Å². The van der Waals surface area contributed by atoms with Crippen molar-refractivity contribution in [2.24, 2.45) is 23.7 Å². The summed E-state index contributed by atoms with van der Waals surface area (Å²) in [5.74, 6) is 1.18. The molecule has 0 unspecified atom stereocenters. The third-order valence-corrected chi connectivity index (χ3v) is 9.12. The van der Waals surface area contributed by atoms with Gasteiger partial charge in [-0.1, -0.05) is 32.8 Å². The SMILES string of the molecule is CC(=O)O[C@@H]1C[C@@]2(O)[C@H](C)CC[C@@H]([C@H](C)CN3CCN(C4CCCC4)CC3)[C@H]2C=C1C. The number of aliphatic hydroxyl groups is 1. The molecule has 5 nitrogen and oxygen atoms in total. The Balaban J connectivity index is 1.39. The summed E-state index contributed by atoms with van der Waals surface area (Å²) in [6.07, 6.45) is 10.4. The highest BCUT2D eigenvalue weighted by molar-refractivity contribution is 5.66. The Hall–Kier alpha value is -0.910. The predicted octanol–water partition coefficient (Wildman–Crippen LogP) is 3.86. The van der Waals surface area contributed by atoms with Crippen LogP contribution in [0.1, 0.15) is 72.6 Å². The molecule has 4 aliphatic rings. The normalized spacial score (nSPS) is 39.1. The van der Waals surface area contributed by atoms with Crippen LogP contribution in [0.15, 0.2) is 11.6 Å². The molecule has 0 aromatic carbocycles. The Morgan fingerprint density at radius 3 is 2.52 bits per heavy atom. The number of hydrogen-bond donors (Lipinski definition) is 1. The molecule has 1 saturated heterocycles. The average molecular weight is 433 g/mol. The Bertz CT molecular complexity index is 666. The van der Waals surface area contributed by atoms with Crippen LogP contribution in [0.25, 0.3) is 0 Å². The van der Waals surface area contributed by atoms with Crippen LogP contribution in [-0.2, 0) is 9.53 Å². The van der Waals surface area contributed by atoms with Crippen molar-refractivity contribution in [1.29, 1.82) is 0 Å². The summed E-state index contributed by atoms with van der Waals surface area (Å²) >= 11 is 0. The number of hydrogen-bond acceptors (Lipinski definition) is 5. The summed E-state index contributed by atoms with van der Waals surface area (Å²) in [4.78, 5) is 17.0. The number of carbonyl (C=O) groups excluding carboxylic acids is 1. The van der Waals surface area contributed by atoms with Crippen LogP contribution in [0.5, 0.6) is 0 Å². The highest BCUT2D eigenvalue weighted by Crippen LogP contribution is 2.51. The number of fused-ring (bicyclic) bond motifs is 1. The molecule has 176 valence electrons. The second-order valence-corrected chi connectivity index (χ2v) is 11.1. The van der Waals surface area contributed by atoms with E-state index in [1.807, 2.05) is 0 Å². The molecule has 0 spiro atoms. The van der Waals surface area contributed by atoms with E-state index in [4.69, 9.17) is 4.74 Å². The zero-order valence-corrected chi connectivity index (χ0v) is 20.2. The van der Waals surface area contributed by atoms with Gasteiger partial charge in [0.2, 0.25) is 0 Å². The van der Waals surface area contributed by atoms with E-state index in [0.29, 0.717) is 18.3 Å². The lowest BCUT2D eigenvalue weighted by Crippen LogP contribution is -2.57. The second-order valence-electron chi connectivity index (χ2n) is 11.1. The number of nitrogens with zero attached hydrogens (tertiary/aromatic N) is 2. The molecular formula is C26H44N2O3. The van der Waals surface area contributed by atoms with Gasteiger partial charge in [-0.3, -0.25) is 9.69 Å². The molecule has 31 heavy (non-hydrogen) atoms. The molecule has 0 radical (unpaired) electrons. The maximum absolute atomic E-state index is 11.8. The Morgan fingerprint density at radius 2 is 1.87 bits per heavy atom. The van der Waals surface area contributed by atoms with Crippen molar-refractivity contribution >= 4 is 5.97 Å². The fourth-order valence-electron chi connectivity index (χ4n) is 7.12. The number of piperazine rings is 1. The Kier molecular flexibility index (Phi) is 7.15. The Morgan fingerprint density at radius 1 is 1.19 bits per heavy atom. The van der Waals surface area contributed by atoms with Crippen molar-refractivity contribution < 1.29 is 14.6 Å². The molecule has 4 rings (SSSR count). The van der Waals surface area contributed by atoms with E-state index >= 15 is 0 Å². The molecule has 1 N–H and O–H groups in total. The highest BCUT2D eigenvalue weighted by Gasteiger charge is 2.52. The minimum absolute atomic E-state index is 0.165. The topological polar surface area (TPSA) is 53.0 Å². The van der Waals surface area contributed by atoms with Crippen LogP contribution in [0.3, 0.4) is 0 Å². The lowest BCUT2D eigenvalue weighted by Gasteiger charge is -2.53. The summed E-state index contributed by atoms with van der Waals surface area (Å²) in [6, 6.07) is 0.843. The minimum Gasteiger partial charge on any atom is -0.458 e. The maximum atomic E-state index is 11.8. The van der Waals surface area contributed by atoms with Crippen LogP contribution in [-0.4, -0.2) is 71.3 Å². The molecule has 3 aliphatic carbocycles. The first kappa shape index (κ1) is 23.3. The molecule has 5 heteroatoms. The van der Waals surface area contributed by atoms with Crippen LogP contribution in [0, 0.1) is 23.7 Å². The minimum atomic E-state index is -0.766. The molecule has 2 saturated carbocycles. The standard InChI is InChI=1S/C26H44N2O3/c1-18-15-24-23(10-9-20(3)26(24,30)16-25(18)31-21(4)29)19(2)17-27-11-13-28(14-12-27)22-7-5-6-8-22/h15,19-20,22-25,30H,5-14,16-17H2,1-4H3/t19-,20-,23+,24-,25-,26-/m1/s1. The van der Waals surface area contributed by atoms with Gasteiger partial charge in [0.25, 0.3) is 0 Å². The van der Waals surface area contributed by atoms with E-state index in [0.717, 1.165) is 24.6 Å². The molecule has 0 aromatic heterocycles. The quantitative estimate of drug-likeness (QED) is 0.528. The number of ether oxygens (including phenoxy) is 1. The molecular weight excluding hydrogens is 388 g/mol. The zero-order valence-electron chi connectivity index (χ0n) is 20.2. The fraction of sp³-hybridized carbons (Fsp3) is 0.885. The summed E-state index contributed by atoms with van der Waals surface area (Å²) in [5.41, 5.74) is 0.346. The van der Waals surface area contributed by atoms with Crippen molar-refractivity contribution in [2.75, 3.05) is 32.7 Å². The number of rotatable bonds is 5. The van der Waals surface area contributed by atoms with Gasteiger partial charge in [-0.25, -0.2) is 0 Å². The number of esters is 1. The predicted molar refractivity (Wildman–Crippen MR) is 124 cm³/mol. The van der Waals surface area contributed by atoms with Crippen LogP contribution in [0.4, 0.5) is 0 Å². The smallest absolute Gasteiger partial charge is 0.303 e.